The van der Waals surface area contributed by atoms with Crippen LogP contribution in [-0.4, -0.2) is 84.9 Å². The van der Waals surface area contributed by atoms with Crippen molar-refractivity contribution < 1.29 is 14.3 Å². The normalized spacial score (nSPS) is 18.8. The first kappa shape index (κ1) is 21.9. The standard InChI is InChI=1S/C23H30N6O3/c1-17-6-8-18(9-7-17)29-14-13-28(23(29)31)16-22(30)27-12-4-5-19(15-27)32-21-11-10-20(24-25-21)26(2)3/h6-11,19H,4-5,12-16H2,1-3H3. The summed E-state index contributed by atoms with van der Waals surface area (Å²) in [5.41, 5.74) is 2.01. The first-order valence-corrected chi connectivity index (χ1v) is 11.0. The van der Waals surface area contributed by atoms with E-state index in [4.69, 9.17) is 4.74 Å². The van der Waals surface area contributed by atoms with Crippen molar-refractivity contribution in [1.82, 2.24) is 20.0 Å². The Morgan fingerprint density at radius 1 is 1.09 bits per heavy atom. The van der Waals surface area contributed by atoms with E-state index in [0.29, 0.717) is 32.1 Å². The van der Waals surface area contributed by atoms with Crippen molar-refractivity contribution in [2.24, 2.45) is 0 Å². The number of urea groups is 1. The van der Waals surface area contributed by atoms with E-state index < -0.39 is 0 Å². The Morgan fingerprint density at radius 2 is 1.88 bits per heavy atom. The molecule has 3 heterocycles. The van der Waals surface area contributed by atoms with E-state index in [1.165, 1.54) is 0 Å². The summed E-state index contributed by atoms with van der Waals surface area (Å²) in [6.07, 6.45) is 1.57. The summed E-state index contributed by atoms with van der Waals surface area (Å²) in [6.45, 7) is 4.39. The molecule has 1 aromatic heterocycles. The number of rotatable bonds is 6. The Kier molecular flexibility index (Phi) is 6.43. The number of nitrogens with zero attached hydrogens (tertiary/aromatic N) is 6. The number of amides is 3. The van der Waals surface area contributed by atoms with Crippen LogP contribution < -0.4 is 14.5 Å². The Balaban J connectivity index is 1.31. The largest absolute Gasteiger partial charge is 0.471 e. The summed E-state index contributed by atoms with van der Waals surface area (Å²) in [4.78, 5) is 32.8. The number of aryl methyl sites for hydroxylation is 1. The smallest absolute Gasteiger partial charge is 0.325 e. The van der Waals surface area contributed by atoms with E-state index in [1.54, 1.807) is 20.8 Å². The third kappa shape index (κ3) is 4.92. The number of piperidine rings is 1. The van der Waals surface area contributed by atoms with Crippen LogP contribution >= 0.6 is 0 Å². The maximum Gasteiger partial charge on any atom is 0.325 e. The highest BCUT2D eigenvalue weighted by molar-refractivity contribution is 5.96. The second-order valence-corrected chi connectivity index (χ2v) is 8.54. The highest BCUT2D eigenvalue weighted by Gasteiger charge is 2.33. The fraction of sp³-hybridized carbons (Fsp3) is 0.478. The number of likely N-dealkylation sites (tertiary alicyclic amines) is 1. The molecule has 4 rings (SSSR count). The fourth-order valence-corrected chi connectivity index (χ4v) is 4.00. The molecule has 2 aliphatic rings. The van der Waals surface area contributed by atoms with Crippen molar-refractivity contribution in [1.29, 1.82) is 0 Å². The lowest BCUT2D eigenvalue weighted by molar-refractivity contribution is -0.134. The highest BCUT2D eigenvalue weighted by Crippen LogP contribution is 2.22. The zero-order chi connectivity index (χ0) is 22.7. The molecule has 2 fully saturated rings. The molecule has 2 saturated heterocycles. The number of benzene rings is 1. The van der Waals surface area contributed by atoms with Crippen LogP contribution in [0.2, 0.25) is 0 Å². The lowest BCUT2D eigenvalue weighted by Gasteiger charge is -2.33. The van der Waals surface area contributed by atoms with E-state index in [9.17, 15) is 9.59 Å². The van der Waals surface area contributed by atoms with Gasteiger partial charge in [0.05, 0.1) is 6.54 Å². The molecule has 170 valence electrons. The van der Waals surface area contributed by atoms with Crippen molar-refractivity contribution in [3.05, 3.63) is 42.0 Å². The van der Waals surface area contributed by atoms with Gasteiger partial charge < -0.3 is 19.4 Å². The van der Waals surface area contributed by atoms with Gasteiger partial charge in [0, 0.05) is 45.5 Å². The Labute approximate surface area is 188 Å². The molecule has 0 bridgehead atoms. The molecule has 1 aromatic carbocycles. The lowest BCUT2D eigenvalue weighted by Crippen LogP contribution is -2.48. The third-order valence-electron chi connectivity index (χ3n) is 5.87. The topological polar surface area (TPSA) is 82.1 Å². The molecule has 0 radical (unpaired) electrons. The van der Waals surface area contributed by atoms with Crippen LogP contribution in [-0.2, 0) is 4.79 Å². The van der Waals surface area contributed by atoms with Gasteiger partial charge >= 0.3 is 6.03 Å². The number of ether oxygens (including phenoxy) is 1. The van der Waals surface area contributed by atoms with Gasteiger partial charge in [-0.05, 0) is 38.0 Å². The van der Waals surface area contributed by atoms with Gasteiger partial charge in [-0.2, -0.15) is 0 Å². The quantitative estimate of drug-likeness (QED) is 0.688. The zero-order valence-electron chi connectivity index (χ0n) is 18.9. The number of aromatic nitrogens is 2. The average molecular weight is 439 g/mol. The van der Waals surface area contributed by atoms with Crippen LogP contribution in [0, 0.1) is 6.92 Å². The first-order chi connectivity index (χ1) is 15.4. The second-order valence-electron chi connectivity index (χ2n) is 8.54. The lowest BCUT2D eigenvalue weighted by atomic mass is 10.1. The van der Waals surface area contributed by atoms with E-state index >= 15 is 0 Å². The Morgan fingerprint density at radius 3 is 2.56 bits per heavy atom. The minimum absolute atomic E-state index is 0.0496. The molecule has 9 nitrogen and oxygen atoms in total. The highest BCUT2D eigenvalue weighted by atomic mass is 16.5. The molecule has 0 aliphatic carbocycles. The molecule has 0 saturated carbocycles. The Bertz CT molecular complexity index is 947. The van der Waals surface area contributed by atoms with Crippen molar-refractivity contribution in [3.8, 4) is 5.88 Å². The van der Waals surface area contributed by atoms with E-state index in [-0.39, 0.29) is 24.6 Å². The van der Waals surface area contributed by atoms with Crippen LogP contribution in [0.3, 0.4) is 0 Å². The first-order valence-electron chi connectivity index (χ1n) is 11.0. The van der Waals surface area contributed by atoms with Crippen LogP contribution in [0.1, 0.15) is 18.4 Å². The van der Waals surface area contributed by atoms with E-state index in [2.05, 4.69) is 10.2 Å². The number of hydrogen-bond acceptors (Lipinski definition) is 6. The average Bonchev–Trinajstić information content (AvgIpc) is 3.15. The number of hydrogen-bond donors (Lipinski definition) is 0. The van der Waals surface area contributed by atoms with Crippen LogP contribution in [0.4, 0.5) is 16.3 Å². The summed E-state index contributed by atoms with van der Waals surface area (Å²) in [5, 5.41) is 8.26. The van der Waals surface area contributed by atoms with Crippen molar-refractivity contribution in [2.45, 2.75) is 25.9 Å². The van der Waals surface area contributed by atoms with Gasteiger partial charge in [0.1, 0.15) is 12.6 Å². The van der Waals surface area contributed by atoms with Gasteiger partial charge in [0.15, 0.2) is 5.82 Å². The number of anilines is 2. The van der Waals surface area contributed by atoms with Crippen LogP contribution in [0.5, 0.6) is 5.88 Å². The molecule has 0 spiro atoms. The van der Waals surface area contributed by atoms with E-state index in [0.717, 1.165) is 29.9 Å². The maximum absolute atomic E-state index is 12.9. The summed E-state index contributed by atoms with van der Waals surface area (Å²) in [7, 11) is 3.81. The summed E-state index contributed by atoms with van der Waals surface area (Å²) >= 11 is 0. The minimum atomic E-state index is -0.134. The minimum Gasteiger partial charge on any atom is -0.471 e. The number of carbonyl (C=O) groups is 2. The summed E-state index contributed by atoms with van der Waals surface area (Å²) < 4.78 is 5.97. The van der Waals surface area contributed by atoms with Gasteiger partial charge in [-0.1, -0.05) is 17.7 Å². The maximum atomic E-state index is 12.9. The van der Waals surface area contributed by atoms with Crippen molar-refractivity contribution in [2.75, 3.05) is 56.6 Å². The molecule has 2 aromatic rings. The van der Waals surface area contributed by atoms with Gasteiger partial charge in [0.25, 0.3) is 0 Å². The van der Waals surface area contributed by atoms with Crippen molar-refractivity contribution in [3.63, 3.8) is 0 Å². The van der Waals surface area contributed by atoms with Crippen LogP contribution in [0.25, 0.3) is 0 Å². The molecule has 0 N–H and O–H groups in total. The zero-order valence-corrected chi connectivity index (χ0v) is 18.9. The molecule has 1 atom stereocenters. The predicted molar refractivity (Wildman–Crippen MR) is 122 cm³/mol. The van der Waals surface area contributed by atoms with Crippen molar-refractivity contribution >= 4 is 23.4 Å². The summed E-state index contributed by atoms with van der Waals surface area (Å²) in [5.74, 6) is 1.16. The van der Waals surface area contributed by atoms with Crippen LogP contribution in [0.15, 0.2) is 36.4 Å². The SMILES string of the molecule is Cc1ccc(N2CCN(CC(=O)N3CCCC(Oc4ccc(N(C)C)nn4)C3)C2=O)cc1. The number of carbonyl (C=O) groups excluding carboxylic acids is 2. The fourth-order valence-electron chi connectivity index (χ4n) is 4.00. The molecule has 9 heteroatoms. The predicted octanol–water partition coefficient (Wildman–Crippen LogP) is 2.16. The molecule has 2 aliphatic heterocycles. The second kappa shape index (κ2) is 9.42. The Hall–Kier alpha value is -3.36. The molecule has 32 heavy (non-hydrogen) atoms. The van der Waals surface area contributed by atoms with Gasteiger partial charge in [-0.15, -0.1) is 10.2 Å². The third-order valence-corrected chi connectivity index (χ3v) is 5.87. The monoisotopic (exact) mass is 438 g/mol. The molecular formula is C23H30N6O3. The molecule has 1 unspecified atom stereocenters. The molecule has 3 amide bonds. The summed E-state index contributed by atoms with van der Waals surface area (Å²) in [6, 6.07) is 11.4. The van der Waals surface area contributed by atoms with Gasteiger partial charge in [-0.3, -0.25) is 9.69 Å². The van der Waals surface area contributed by atoms with E-state index in [1.807, 2.05) is 56.3 Å². The van der Waals surface area contributed by atoms with Gasteiger partial charge in [-0.25, -0.2) is 4.79 Å². The van der Waals surface area contributed by atoms with Gasteiger partial charge in [0.2, 0.25) is 11.8 Å². The molecular weight excluding hydrogens is 408 g/mol.